The molecule has 1 aromatic heterocycles. The highest BCUT2D eigenvalue weighted by Gasteiger charge is 2.15. The highest BCUT2D eigenvalue weighted by Crippen LogP contribution is 2.28. The molecule has 4 aromatic carbocycles. The number of carbonyl (C=O) groups is 1. The van der Waals surface area contributed by atoms with E-state index in [0.29, 0.717) is 33.7 Å². The number of nitrogens with one attached hydrogen (secondary N) is 1. The van der Waals surface area contributed by atoms with E-state index in [2.05, 4.69) is 5.32 Å². The van der Waals surface area contributed by atoms with Gasteiger partial charge in [0.05, 0.1) is 18.2 Å². The predicted octanol–water partition coefficient (Wildman–Crippen LogP) is 5.87. The van der Waals surface area contributed by atoms with Crippen LogP contribution in [0.3, 0.4) is 0 Å². The standard InChI is InChI=1S/C27H19NO4/c1-31-25-16-18-8-3-2-7-17(18)14-23(25)26(29)28-21-11-6-10-19(13-21)22-15-20-9-4-5-12-24(20)32-27(22)30/h2-16H,1H3,(H,28,29). The Morgan fingerprint density at radius 1 is 0.812 bits per heavy atom. The molecule has 0 radical (unpaired) electrons. The van der Waals surface area contributed by atoms with E-state index in [4.69, 9.17) is 9.15 Å². The Kier molecular flexibility index (Phi) is 4.92. The van der Waals surface area contributed by atoms with Crippen LogP contribution in [0, 0.1) is 0 Å². The zero-order valence-corrected chi connectivity index (χ0v) is 17.3. The van der Waals surface area contributed by atoms with Gasteiger partial charge >= 0.3 is 5.63 Å². The smallest absolute Gasteiger partial charge is 0.344 e. The molecular formula is C27H19NO4. The molecule has 0 saturated heterocycles. The zero-order chi connectivity index (χ0) is 22.1. The maximum Gasteiger partial charge on any atom is 0.344 e. The third kappa shape index (κ3) is 3.61. The van der Waals surface area contributed by atoms with Crippen LogP contribution in [-0.2, 0) is 0 Å². The molecule has 5 heteroatoms. The molecule has 5 rings (SSSR count). The molecule has 1 amide bonds. The van der Waals surface area contributed by atoms with Crippen LogP contribution in [0.4, 0.5) is 5.69 Å². The summed E-state index contributed by atoms with van der Waals surface area (Å²) in [5.41, 5.74) is 2.20. The van der Waals surface area contributed by atoms with E-state index in [1.54, 1.807) is 37.4 Å². The van der Waals surface area contributed by atoms with Crippen molar-refractivity contribution in [2.24, 2.45) is 0 Å². The molecule has 0 bridgehead atoms. The van der Waals surface area contributed by atoms with Gasteiger partial charge in [-0.2, -0.15) is 0 Å². The van der Waals surface area contributed by atoms with Gasteiger partial charge in [-0.05, 0) is 52.7 Å². The van der Waals surface area contributed by atoms with Crippen molar-refractivity contribution in [2.75, 3.05) is 12.4 Å². The number of rotatable bonds is 4. The van der Waals surface area contributed by atoms with Gasteiger partial charge in [-0.15, -0.1) is 0 Å². The van der Waals surface area contributed by atoms with Crippen molar-refractivity contribution in [2.45, 2.75) is 0 Å². The second kappa shape index (κ2) is 8.04. The Morgan fingerprint density at radius 2 is 1.53 bits per heavy atom. The van der Waals surface area contributed by atoms with Gasteiger partial charge in [0.1, 0.15) is 11.3 Å². The molecular weight excluding hydrogens is 402 g/mol. The Balaban J connectivity index is 1.50. The number of fused-ring (bicyclic) bond motifs is 2. The van der Waals surface area contributed by atoms with Crippen LogP contribution in [-0.4, -0.2) is 13.0 Å². The largest absolute Gasteiger partial charge is 0.496 e. The summed E-state index contributed by atoms with van der Waals surface area (Å²) in [6, 6.07) is 27.7. The molecule has 0 aliphatic heterocycles. The Bertz CT molecular complexity index is 1530. The summed E-state index contributed by atoms with van der Waals surface area (Å²) < 4.78 is 10.9. The van der Waals surface area contributed by atoms with E-state index in [0.717, 1.165) is 16.2 Å². The van der Waals surface area contributed by atoms with Crippen molar-refractivity contribution in [1.82, 2.24) is 0 Å². The van der Waals surface area contributed by atoms with Gasteiger partial charge in [0.25, 0.3) is 5.91 Å². The average molecular weight is 421 g/mol. The molecule has 0 saturated carbocycles. The van der Waals surface area contributed by atoms with E-state index < -0.39 is 5.63 Å². The molecule has 0 aliphatic carbocycles. The number of methoxy groups -OCH3 is 1. The quantitative estimate of drug-likeness (QED) is 0.368. The normalized spacial score (nSPS) is 10.9. The second-order valence-corrected chi connectivity index (χ2v) is 7.42. The first-order valence-electron chi connectivity index (χ1n) is 10.1. The number of para-hydroxylation sites is 1. The third-order valence-corrected chi connectivity index (χ3v) is 5.39. The Hall–Kier alpha value is -4.38. The predicted molar refractivity (Wildman–Crippen MR) is 126 cm³/mol. The number of ether oxygens (including phenoxy) is 1. The molecule has 5 nitrogen and oxygen atoms in total. The average Bonchev–Trinajstić information content (AvgIpc) is 2.82. The van der Waals surface area contributed by atoms with Crippen LogP contribution in [0.2, 0.25) is 0 Å². The minimum atomic E-state index is -0.427. The van der Waals surface area contributed by atoms with Gasteiger partial charge in [-0.25, -0.2) is 4.79 Å². The van der Waals surface area contributed by atoms with Gasteiger partial charge in [-0.3, -0.25) is 4.79 Å². The molecule has 0 aliphatic rings. The summed E-state index contributed by atoms with van der Waals surface area (Å²) in [6.07, 6.45) is 0. The van der Waals surface area contributed by atoms with Gasteiger partial charge in [0, 0.05) is 11.1 Å². The van der Waals surface area contributed by atoms with Crippen LogP contribution in [0.1, 0.15) is 10.4 Å². The summed E-state index contributed by atoms with van der Waals surface area (Å²) in [6.45, 7) is 0. The SMILES string of the molecule is COc1cc2ccccc2cc1C(=O)Nc1cccc(-c2cc3ccccc3oc2=O)c1. The first-order valence-corrected chi connectivity index (χ1v) is 10.1. The van der Waals surface area contributed by atoms with E-state index in [1.807, 2.05) is 60.7 Å². The van der Waals surface area contributed by atoms with Crippen molar-refractivity contribution in [3.05, 3.63) is 107 Å². The number of hydrogen-bond acceptors (Lipinski definition) is 4. The van der Waals surface area contributed by atoms with Crippen LogP contribution >= 0.6 is 0 Å². The van der Waals surface area contributed by atoms with E-state index in [1.165, 1.54) is 0 Å². The third-order valence-electron chi connectivity index (χ3n) is 5.39. The molecule has 1 N–H and O–H groups in total. The van der Waals surface area contributed by atoms with Gasteiger partial charge < -0.3 is 14.5 Å². The van der Waals surface area contributed by atoms with Crippen LogP contribution in [0.5, 0.6) is 5.75 Å². The molecule has 1 heterocycles. The van der Waals surface area contributed by atoms with Crippen LogP contribution in [0.15, 0.2) is 100 Å². The number of anilines is 1. The summed E-state index contributed by atoms with van der Waals surface area (Å²) >= 11 is 0. The monoisotopic (exact) mass is 421 g/mol. The highest BCUT2D eigenvalue weighted by molar-refractivity contribution is 6.09. The molecule has 156 valence electrons. The Labute approximate surface area is 183 Å². The number of hydrogen-bond donors (Lipinski definition) is 1. The summed E-state index contributed by atoms with van der Waals surface area (Å²) in [5.74, 6) is 0.197. The van der Waals surface area contributed by atoms with E-state index in [-0.39, 0.29) is 5.91 Å². The van der Waals surface area contributed by atoms with Crippen molar-refractivity contribution < 1.29 is 13.9 Å². The fraction of sp³-hybridized carbons (Fsp3) is 0.0370. The van der Waals surface area contributed by atoms with Crippen LogP contribution in [0.25, 0.3) is 32.9 Å². The molecule has 5 aromatic rings. The van der Waals surface area contributed by atoms with Crippen molar-refractivity contribution >= 4 is 33.3 Å². The first-order chi connectivity index (χ1) is 15.6. The summed E-state index contributed by atoms with van der Waals surface area (Å²) in [7, 11) is 1.54. The lowest BCUT2D eigenvalue weighted by atomic mass is 10.0. The summed E-state index contributed by atoms with van der Waals surface area (Å²) in [5, 5.41) is 5.68. The lowest BCUT2D eigenvalue weighted by Gasteiger charge is -2.12. The second-order valence-electron chi connectivity index (χ2n) is 7.42. The van der Waals surface area contributed by atoms with E-state index >= 15 is 0 Å². The fourth-order valence-corrected chi connectivity index (χ4v) is 3.79. The van der Waals surface area contributed by atoms with Crippen LogP contribution < -0.4 is 15.7 Å². The number of benzene rings is 4. The minimum Gasteiger partial charge on any atom is -0.496 e. The molecule has 0 fully saturated rings. The fourth-order valence-electron chi connectivity index (χ4n) is 3.79. The highest BCUT2D eigenvalue weighted by atomic mass is 16.5. The van der Waals surface area contributed by atoms with E-state index in [9.17, 15) is 9.59 Å². The maximum absolute atomic E-state index is 13.1. The first kappa shape index (κ1) is 19.6. The van der Waals surface area contributed by atoms with Crippen molar-refractivity contribution in [3.63, 3.8) is 0 Å². The van der Waals surface area contributed by atoms with Gasteiger partial charge in [-0.1, -0.05) is 54.6 Å². The molecule has 32 heavy (non-hydrogen) atoms. The molecule has 0 atom stereocenters. The maximum atomic E-state index is 13.1. The van der Waals surface area contributed by atoms with Crippen molar-refractivity contribution in [3.8, 4) is 16.9 Å². The number of carbonyl (C=O) groups excluding carboxylic acids is 1. The number of amides is 1. The minimum absolute atomic E-state index is 0.296. The topological polar surface area (TPSA) is 68.5 Å². The van der Waals surface area contributed by atoms with Crippen molar-refractivity contribution in [1.29, 1.82) is 0 Å². The zero-order valence-electron chi connectivity index (χ0n) is 17.3. The Morgan fingerprint density at radius 3 is 2.31 bits per heavy atom. The summed E-state index contributed by atoms with van der Waals surface area (Å²) in [4.78, 5) is 25.6. The molecule has 0 unspecified atom stereocenters. The molecule has 0 spiro atoms. The lowest BCUT2D eigenvalue weighted by molar-refractivity contribution is 0.102. The van der Waals surface area contributed by atoms with Gasteiger partial charge in [0.2, 0.25) is 0 Å². The van der Waals surface area contributed by atoms with Gasteiger partial charge in [0.15, 0.2) is 0 Å². The lowest BCUT2D eigenvalue weighted by Crippen LogP contribution is -2.13.